The van der Waals surface area contributed by atoms with E-state index >= 15 is 0 Å². The molecule has 3 aliphatic rings. The van der Waals surface area contributed by atoms with Gasteiger partial charge < -0.3 is 15.0 Å². The topological polar surface area (TPSA) is 41.6 Å². The van der Waals surface area contributed by atoms with Crippen LogP contribution >= 0.6 is 0 Å². The maximum absolute atomic E-state index is 12.6. The van der Waals surface area contributed by atoms with Crippen LogP contribution in [0.25, 0.3) is 0 Å². The summed E-state index contributed by atoms with van der Waals surface area (Å²) in [7, 11) is 0. The summed E-state index contributed by atoms with van der Waals surface area (Å²) in [5.41, 5.74) is 0.655. The molecule has 4 rings (SSSR count). The predicted molar refractivity (Wildman–Crippen MR) is 82.6 cm³/mol. The van der Waals surface area contributed by atoms with Crippen LogP contribution in [0.4, 0.5) is 0 Å². The number of benzene rings is 1. The zero-order valence-corrected chi connectivity index (χ0v) is 12.7. The van der Waals surface area contributed by atoms with Gasteiger partial charge in [-0.15, -0.1) is 0 Å². The van der Waals surface area contributed by atoms with Gasteiger partial charge in [0, 0.05) is 12.6 Å². The number of rotatable bonds is 5. The maximum Gasteiger partial charge on any atom is 0.255 e. The first kappa shape index (κ1) is 14.4. The molecule has 2 bridgehead atoms. The van der Waals surface area contributed by atoms with E-state index in [1.165, 1.54) is 25.9 Å². The summed E-state index contributed by atoms with van der Waals surface area (Å²) in [6.45, 7) is 6.08. The van der Waals surface area contributed by atoms with Crippen molar-refractivity contribution in [3.8, 4) is 5.75 Å². The van der Waals surface area contributed by atoms with Crippen LogP contribution in [0.2, 0.25) is 0 Å². The first-order valence-electron chi connectivity index (χ1n) is 8.03. The molecule has 0 spiro atoms. The number of carbonyl (C=O) groups is 1. The number of nitrogens with one attached hydrogen (secondary N) is 1. The van der Waals surface area contributed by atoms with Crippen LogP contribution in [0, 0.1) is 5.92 Å². The third-order valence-electron chi connectivity index (χ3n) is 4.57. The highest BCUT2D eigenvalue weighted by Gasteiger charge is 2.35. The Bertz CT molecular complexity index is 495. The van der Waals surface area contributed by atoms with Crippen molar-refractivity contribution in [2.75, 3.05) is 26.2 Å². The minimum absolute atomic E-state index is 0.000420. The van der Waals surface area contributed by atoms with Crippen molar-refractivity contribution in [1.82, 2.24) is 10.2 Å². The van der Waals surface area contributed by atoms with Gasteiger partial charge in [0.05, 0.1) is 12.2 Å². The van der Waals surface area contributed by atoms with Gasteiger partial charge in [-0.25, -0.2) is 0 Å². The molecule has 3 heterocycles. The fourth-order valence-corrected chi connectivity index (χ4v) is 3.37. The first-order chi connectivity index (χ1) is 10.3. The van der Waals surface area contributed by atoms with Crippen LogP contribution < -0.4 is 10.1 Å². The molecule has 1 atom stereocenters. The van der Waals surface area contributed by atoms with Crippen LogP contribution in [-0.4, -0.2) is 43.1 Å². The number of para-hydroxylation sites is 1. The molecule has 21 heavy (non-hydrogen) atoms. The Morgan fingerprint density at radius 2 is 2.10 bits per heavy atom. The highest BCUT2D eigenvalue weighted by Crippen LogP contribution is 2.28. The molecule has 4 nitrogen and oxygen atoms in total. The van der Waals surface area contributed by atoms with Crippen molar-refractivity contribution < 1.29 is 9.53 Å². The Labute approximate surface area is 126 Å². The summed E-state index contributed by atoms with van der Waals surface area (Å²) in [4.78, 5) is 15.0. The monoisotopic (exact) mass is 288 g/mol. The summed E-state index contributed by atoms with van der Waals surface area (Å²) in [6, 6.07) is 7.82. The van der Waals surface area contributed by atoms with Gasteiger partial charge in [0.2, 0.25) is 0 Å². The average Bonchev–Trinajstić information content (AvgIpc) is 2.54. The first-order valence-corrected chi connectivity index (χ1v) is 8.03. The minimum Gasteiger partial charge on any atom is -0.493 e. The van der Waals surface area contributed by atoms with Gasteiger partial charge in [0.1, 0.15) is 5.75 Å². The number of piperidine rings is 3. The van der Waals surface area contributed by atoms with E-state index in [1.54, 1.807) is 0 Å². The molecular weight excluding hydrogens is 264 g/mol. The molecule has 1 N–H and O–H groups in total. The van der Waals surface area contributed by atoms with E-state index in [4.69, 9.17) is 4.74 Å². The number of hydrogen-bond acceptors (Lipinski definition) is 3. The van der Waals surface area contributed by atoms with E-state index in [9.17, 15) is 4.79 Å². The van der Waals surface area contributed by atoms with Crippen LogP contribution in [-0.2, 0) is 0 Å². The van der Waals surface area contributed by atoms with E-state index in [0.29, 0.717) is 29.9 Å². The molecule has 0 radical (unpaired) electrons. The zero-order chi connectivity index (χ0) is 14.7. The lowest BCUT2D eigenvalue weighted by atomic mass is 9.84. The number of fused-ring (bicyclic) bond motifs is 3. The van der Waals surface area contributed by atoms with Crippen LogP contribution in [0.3, 0.4) is 0 Å². The summed E-state index contributed by atoms with van der Waals surface area (Å²) in [6.07, 6.45) is 3.35. The molecular formula is C17H24N2O2. The number of amides is 1. The van der Waals surface area contributed by atoms with Crippen molar-refractivity contribution in [1.29, 1.82) is 0 Å². The quantitative estimate of drug-likeness (QED) is 0.904. The third kappa shape index (κ3) is 3.21. The highest BCUT2D eigenvalue weighted by atomic mass is 16.5. The van der Waals surface area contributed by atoms with E-state index in [-0.39, 0.29) is 5.91 Å². The van der Waals surface area contributed by atoms with Crippen LogP contribution in [0.5, 0.6) is 5.75 Å². The number of ether oxygens (including phenoxy) is 1. The number of nitrogens with zero attached hydrogens (tertiary/aromatic N) is 1. The largest absolute Gasteiger partial charge is 0.493 e. The normalized spacial score (nSPS) is 27.4. The molecule has 3 fully saturated rings. The van der Waals surface area contributed by atoms with Gasteiger partial charge in [-0.05, 0) is 50.4 Å². The Morgan fingerprint density at radius 1 is 1.33 bits per heavy atom. The fraction of sp³-hybridized carbons (Fsp3) is 0.588. The van der Waals surface area contributed by atoms with Gasteiger partial charge in [0.25, 0.3) is 5.91 Å². The molecule has 1 unspecified atom stereocenters. The molecule has 1 amide bonds. The van der Waals surface area contributed by atoms with Crippen molar-refractivity contribution in [3.63, 3.8) is 0 Å². The molecule has 3 aliphatic heterocycles. The molecule has 1 aromatic rings. The second kappa shape index (κ2) is 6.48. The lowest BCUT2D eigenvalue weighted by Crippen LogP contribution is -2.57. The van der Waals surface area contributed by atoms with E-state index in [0.717, 1.165) is 13.0 Å². The number of hydrogen-bond donors (Lipinski definition) is 1. The molecule has 1 aromatic carbocycles. The SMILES string of the molecule is CCCOc1ccccc1C(=O)NC1CN2CCC1CC2. The third-order valence-corrected chi connectivity index (χ3v) is 4.57. The Morgan fingerprint density at radius 3 is 2.76 bits per heavy atom. The minimum atomic E-state index is 0.000420. The molecule has 0 saturated carbocycles. The van der Waals surface area contributed by atoms with Gasteiger partial charge in [-0.3, -0.25) is 4.79 Å². The lowest BCUT2D eigenvalue weighted by Gasteiger charge is -2.44. The Kier molecular flexibility index (Phi) is 4.44. The van der Waals surface area contributed by atoms with E-state index in [2.05, 4.69) is 17.1 Å². The standard InChI is InChI=1S/C17H24N2O2/c1-2-11-21-16-6-4-3-5-14(16)17(20)18-15-12-19-9-7-13(15)8-10-19/h3-6,13,15H,2,7-12H2,1H3,(H,18,20). The van der Waals surface area contributed by atoms with E-state index in [1.807, 2.05) is 24.3 Å². The second-order valence-corrected chi connectivity index (χ2v) is 6.06. The van der Waals surface area contributed by atoms with Crippen LogP contribution in [0.1, 0.15) is 36.5 Å². The fourth-order valence-electron chi connectivity index (χ4n) is 3.37. The van der Waals surface area contributed by atoms with Gasteiger partial charge in [-0.2, -0.15) is 0 Å². The van der Waals surface area contributed by atoms with Crippen molar-refractivity contribution >= 4 is 5.91 Å². The van der Waals surface area contributed by atoms with Gasteiger partial charge >= 0.3 is 0 Å². The zero-order valence-electron chi connectivity index (χ0n) is 12.7. The van der Waals surface area contributed by atoms with Crippen molar-refractivity contribution in [2.45, 2.75) is 32.2 Å². The summed E-state index contributed by atoms with van der Waals surface area (Å²) in [5.74, 6) is 1.33. The summed E-state index contributed by atoms with van der Waals surface area (Å²) >= 11 is 0. The van der Waals surface area contributed by atoms with Crippen molar-refractivity contribution in [2.24, 2.45) is 5.92 Å². The highest BCUT2D eigenvalue weighted by molar-refractivity contribution is 5.97. The summed E-state index contributed by atoms with van der Waals surface area (Å²) in [5, 5.41) is 3.22. The Hall–Kier alpha value is -1.55. The van der Waals surface area contributed by atoms with Crippen LogP contribution in [0.15, 0.2) is 24.3 Å². The molecule has 0 aliphatic carbocycles. The molecule has 0 aromatic heterocycles. The molecule has 4 heteroatoms. The predicted octanol–water partition coefficient (Wildman–Crippen LogP) is 2.30. The average molecular weight is 288 g/mol. The molecule has 3 saturated heterocycles. The number of carbonyl (C=O) groups excluding carboxylic acids is 1. The lowest BCUT2D eigenvalue weighted by molar-refractivity contribution is 0.0618. The maximum atomic E-state index is 12.6. The second-order valence-electron chi connectivity index (χ2n) is 6.06. The molecule has 114 valence electrons. The van der Waals surface area contributed by atoms with Crippen molar-refractivity contribution in [3.05, 3.63) is 29.8 Å². The van der Waals surface area contributed by atoms with Gasteiger partial charge in [-0.1, -0.05) is 19.1 Å². The van der Waals surface area contributed by atoms with E-state index < -0.39 is 0 Å². The van der Waals surface area contributed by atoms with Gasteiger partial charge in [0.15, 0.2) is 0 Å². The Balaban J connectivity index is 1.68. The smallest absolute Gasteiger partial charge is 0.255 e. The summed E-state index contributed by atoms with van der Waals surface area (Å²) < 4.78 is 5.69.